The van der Waals surface area contributed by atoms with E-state index in [1.807, 2.05) is 12.1 Å². The van der Waals surface area contributed by atoms with Crippen molar-refractivity contribution in [3.63, 3.8) is 0 Å². The molecule has 4 atom stereocenters. The van der Waals surface area contributed by atoms with Gasteiger partial charge in [-0.3, -0.25) is 9.59 Å². The van der Waals surface area contributed by atoms with Gasteiger partial charge in [-0.15, -0.1) is 0 Å². The number of ether oxygens (including phenoxy) is 1. The highest BCUT2D eigenvalue weighted by atomic mass is 35.5. The van der Waals surface area contributed by atoms with Crippen LogP contribution in [0, 0.1) is 0 Å². The first-order valence-corrected chi connectivity index (χ1v) is 12.1. The van der Waals surface area contributed by atoms with E-state index in [9.17, 15) is 9.59 Å². The second kappa shape index (κ2) is 9.21. The summed E-state index contributed by atoms with van der Waals surface area (Å²) in [6.07, 6.45) is 7.15. The van der Waals surface area contributed by atoms with Gasteiger partial charge in [0.25, 0.3) is 11.8 Å². The van der Waals surface area contributed by atoms with E-state index in [0.29, 0.717) is 34.5 Å². The lowest BCUT2D eigenvalue weighted by Gasteiger charge is -2.40. The molecule has 3 aliphatic rings. The van der Waals surface area contributed by atoms with Crippen LogP contribution in [0.3, 0.4) is 0 Å². The number of fused-ring (bicyclic) bond motifs is 2. The number of hydrogen-bond acceptors (Lipinski definition) is 5. The van der Waals surface area contributed by atoms with Crippen LogP contribution in [0.5, 0.6) is 5.75 Å². The summed E-state index contributed by atoms with van der Waals surface area (Å²) >= 11 is 5.91. The maximum Gasteiger partial charge on any atom is 0.260 e. The molecule has 2 aromatic rings. The highest BCUT2D eigenvalue weighted by Crippen LogP contribution is 2.38. The van der Waals surface area contributed by atoms with Crippen LogP contribution < -0.4 is 20.3 Å². The van der Waals surface area contributed by atoms with Crippen LogP contribution >= 0.6 is 11.6 Å². The number of nitrogens with zero attached hydrogens (tertiary/aromatic N) is 2. The fraction of sp³-hybridized carbons (Fsp3) is 0.480. The lowest BCUT2D eigenvalue weighted by molar-refractivity contribution is -0.128. The minimum atomic E-state index is -0.585. The molecule has 2 bridgehead atoms. The van der Waals surface area contributed by atoms with Crippen LogP contribution in [0.4, 0.5) is 5.82 Å². The number of rotatable bonds is 7. The molecule has 1 aliphatic carbocycles. The maximum atomic E-state index is 12.7. The Morgan fingerprint density at radius 2 is 1.70 bits per heavy atom. The molecule has 2 amide bonds. The van der Waals surface area contributed by atoms with Gasteiger partial charge in [0.05, 0.1) is 5.56 Å². The molecule has 2 unspecified atom stereocenters. The van der Waals surface area contributed by atoms with Crippen LogP contribution in [0.2, 0.25) is 5.02 Å². The smallest absolute Gasteiger partial charge is 0.260 e. The van der Waals surface area contributed by atoms with Gasteiger partial charge < -0.3 is 20.3 Å². The molecule has 3 heterocycles. The van der Waals surface area contributed by atoms with E-state index in [1.54, 1.807) is 37.4 Å². The first kappa shape index (κ1) is 22.0. The summed E-state index contributed by atoms with van der Waals surface area (Å²) in [6.45, 7) is 1.76. The molecule has 3 fully saturated rings. The van der Waals surface area contributed by atoms with Crippen molar-refractivity contribution in [3.8, 4) is 5.75 Å². The third-order valence-electron chi connectivity index (χ3n) is 6.76. The summed E-state index contributed by atoms with van der Waals surface area (Å²) in [6, 6.07) is 12.0. The number of carbonyl (C=O) groups is 2. The Kier molecular flexibility index (Phi) is 6.15. The summed E-state index contributed by atoms with van der Waals surface area (Å²) in [7, 11) is 0. The molecule has 0 radical (unpaired) electrons. The highest BCUT2D eigenvalue weighted by Gasteiger charge is 2.42. The summed E-state index contributed by atoms with van der Waals surface area (Å²) < 4.78 is 5.77. The van der Waals surface area contributed by atoms with Crippen LogP contribution in [0.1, 0.15) is 55.8 Å². The van der Waals surface area contributed by atoms with E-state index in [0.717, 1.165) is 44.3 Å². The number of anilines is 1. The predicted octanol–water partition coefficient (Wildman–Crippen LogP) is 3.71. The van der Waals surface area contributed by atoms with Crippen molar-refractivity contribution in [2.24, 2.45) is 0 Å². The van der Waals surface area contributed by atoms with E-state index in [-0.39, 0.29) is 17.9 Å². The summed E-state index contributed by atoms with van der Waals surface area (Å²) in [5.74, 6) is 1.38. The zero-order valence-corrected chi connectivity index (χ0v) is 19.4. The second-order valence-electron chi connectivity index (χ2n) is 9.34. The Morgan fingerprint density at radius 3 is 2.30 bits per heavy atom. The minimum absolute atomic E-state index is 0.0455. The number of hydrogen-bond donors (Lipinski definition) is 2. The fourth-order valence-corrected chi connectivity index (χ4v) is 5.05. The van der Waals surface area contributed by atoms with Crippen molar-refractivity contribution in [2.75, 3.05) is 4.90 Å². The largest absolute Gasteiger partial charge is 0.481 e. The first-order chi connectivity index (χ1) is 16.0. The number of halogens is 1. The number of carbonyl (C=O) groups excluding carboxylic acids is 2. The molecule has 1 saturated carbocycles. The van der Waals surface area contributed by atoms with E-state index in [4.69, 9.17) is 16.3 Å². The highest BCUT2D eigenvalue weighted by molar-refractivity contribution is 6.30. The lowest BCUT2D eigenvalue weighted by atomic mass is 9.97. The number of piperidine rings is 1. The molecule has 33 heavy (non-hydrogen) atoms. The quantitative estimate of drug-likeness (QED) is 0.647. The molecule has 2 aliphatic heterocycles. The monoisotopic (exact) mass is 468 g/mol. The number of aromatic nitrogens is 1. The van der Waals surface area contributed by atoms with Gasteiger partial charge in [0, 0.05) is 35.4 Å². The number of benzene rings is 1. The fourth-order valence-electron chi connectivity index (χ4n) is 4.93. The average molecular weight is 469 g/mol. The Hall–Kier alpha value is -2.80. The van der Waals surface area contributed by atoms with Crippen LogP contribution in [-0.4, -0.2) is 47.1 Å². The zero-order chi connectivity index (χ0) is 22.9. The Morgan fingerprint density at radius 1 is 1.00 bits per heavy atom. The molecule has 7 nitrogen and oxygen atoms in total. The number of pyridine rings is 1. The molecule has 5 rings (SSSR count). The van der Waals surface area contributed by atoms with Gasteiger partial charge in [-0.2, -0.15) is 0 Å². The number of nitrogens with one attached hydrogen (secondary N) is 2. The third kappa shape index (κ3) is 5.08. The van der Waals surface area contributed by atoms with Crippen molar-refractivity contribution in [2.45, 2.75) is 75.7 Å². The molecule has 8 heteroatoms. The summed E-state index contributed by atoms with van der Waals surface area (Å²) in [4.78, 5) is 31.9. The van der Waals surface area contributed by atoms with E-state index < -0.39 is 6.10 Å². The van der Waals surface area contributed by atoms with Gasteiger partial charge >= 0.3 is 0 Å². The van der Waals surface area contributed by atoms with E-state index in [1.165, 1.54) is 0 Å². The van der Waals surface area contributed by atoms with Gasteiger partial charge in [-0.05, 0) is 81.8 Å². The predicted molar refractivity (Wildman–Crippen MR) is 127 cm³/mol. The molecular formula is C25H29ClN4O3. The van der Waals surface area contributed by atoms with Crippen molar-refractivity contribution < 1.29 is 14.3 Å². The Balaban J connectivity index is 1.16. The normalized spacial score (nSPS) is 24.8. The third-order valence-corrected chi connectivity index (χ3v) is 7.01. The Labute approximate surface area is 198 Å². The topological polar surface area (TPSA) is 83.6 Å². The van der Waals surface area contributed by atoms with Gasteiger partial charge in [-0.25, -0.2) is 4.98 Å². The van der Waals surface area contributed by atoms with E-state index >= 15 is 0 Å². The van der Waals surface area contributed by atoms with Crippen LogP contribution in [0.15, 0.2) is 42.6 Å². The van der Waals surface area contributed by atoms with Crippen molar-refractivity contribution in [1.82, 2.24) is 15.6 Å². The van der Waals surface area contributed by atoms with Gasteiger partial charge in [0.2, 0.25) is 0 Å². The minimum Gasteiger partial charge on any atom is -0.481 e. The SMILES string of the molecule is CC(Oc1ccc(Cl)cc1)C(=O)NC1C[C@H]2CC[C@@H](C1)N2c1ccc(C(=O)NC2CC2)cn1. The maximum absolute atomic E-state index is 12.7. The molecule has 2 N–H and O–H groups in total. The molecule has 174 valence electrons. The molecule has 2 saturated heterocycles. The summed E-state index contributed by atoms with van der Waals surface area (Å²) in [5.41, 5.74) is 0.606. The molecule has 0 spiro atoms. The van der Waals surface area contributed by atoms with Gasteiger partial charge in [0.1, 0.15) is 11.6 Å². The van der Waals surface area contributed by atoms with Crippen molar-refractivity contribution >= 4 is 29.2 Å². The lowest BCUT2D eigenvalue weighted by Crippen LogP contribution is -2.52. The first-order valence-electron chi connectivity index (χ1n) is 11.7. The van der Waals surface area contributed by atoms with Gasteiger partial charge in [0.15, 0.2) is 6.10 Å². The van der Waals surface area contributed by atoms with Gasteiger partial charge in [-0.1, -0.05) is 11.6 Å². The zero-order valence-electron chi connectivity index (χ0n) is 18.7. The Bertz CT molecular complexity index is 995. The standard InChI is InChI=1S/C25H29ClN4O3/c1-15(33-22-9-3-17(26)4-10-22)24(31)29-19-12-20-7-8-21(13-19)30(20)23-11-2-16(14-27-23)25(32)28-18-5-6-18/h2-4,9-11,14-15,18-21H,5-8,12-13H2,1H3,(H,28,32)(H,29,31)/t15?,19?,20-,21+. The van der Waals surface area contributed by atoms with Crippen molar-refractivity contribution in [1.29, 1.82) is 0 Å². The van der Waals surface area contributed by atoms with Crippen LogP contribution in [-0.2, 0) is 4.79 Å². The van der Waals surface area contributed by atoms with Crippen molar-refractivity contribution in [3.05, 3.63) is 53.2 Å². The molecule has 1 aromatic heterocycles. The average Bonchev–Trinajstić information content (AvgIpc) is 3.58. The molecule has 1 aromatic carbocycles. The van der Waals surface area contributed by atoms with Crippen LogP contribution in [0.25, 0.3) is 0 Å². The second-order valence-corrected chi connectivity index (χ2v) is 9.77. The summed E-state index contributed by atoms with van der Waals surface area (Å²) in [5, 5.41) is 6.81. The van der Waals surface area contributed by atoms with E-state index in [2.05, 4.69) is 20.5 Å². The number of amides is 2. The molecular weight excluding hydrogens is 440 g/mol.